The van der Waals surface area contributed by atoms with E-state index < -0.39 is 24.6 Å². The third-order valence-corrected chi connectivity index (χ3v) is 2.07. The minimum Gasteiger partial charge on any atom is -0.329 e. The maximum atomic E-state index is 13.3. The van der Waals surface area contributed by atoms with Crippen LogP contribution in [0.2, 0.25) is 0 Å². The van der Waals surface area contributed by atoms with Crippen LogP contribution in [0.4, 0.5) is 17.6 Å². The van der Waals surface area contributed by atoms with Crippen molar-refractivity contribution in [3.63, 3.8) is 0 Å². The molecule has 0 saturated heterocycles. The first-order valence-electron chi connectivity index (χ1n) is 4.68. The molecule has 90 valence electrons. The summed E-state index contributed by atoms with van der Waals surface area (Å²) in [5.41, 5.74) is 5.45. The van der Waals surface area contributed by atoms with Crippen molar-refractivity contribution in [2.75, 3.05) is 13.1 Å². The molecule has 1 rings (SSSR count). The lowest BCUT2D eigenvalue weighted by atomic mass is 10.1. The lowest BCUT2D eigenvalue weighted by Crippen LogP contribution is -2.36. The molecule has 0 amide bonds. The van der Waals surface area contributed by atoms with Crippen LogP contribution in [-0.2, 0) is 0 Å². The molecule has 0 bridgehead atoms. The second-order valence-corrected chi connectivity index (χ2v) is 3.31. The Balaban J connectivity index is 2.72. The smallest absolute Gasteiger partial charge is 0.329 e. The van der Waals surface area contributed by atoms with Crippen molar-refractivity contribution in [3.8, 4) is 0 Å². The summed E-state index contributed by atoms with van der Waals surface area (Å²) in [5, 5.41) is 2.18. The van der Waals surface area contributed by atoms with Gasteiger partial charge in [0, 0.05) is 18.2 Å². The lowest BCUT2D eigenvalue weighted by Gasteiger charge is -2.18. The van der Waals surface area contributed by atoms with E-state index in [-0.39, 0.29) is 12.1 Å². The van der Waals surface area contributed by atoms with Gasteiger partial charge < -0.3 is 11.1 Å². The normalized spacial score (nSPS) is 13.8. The van der Waals surface area contributed by atoms with Crippen LogP contribution in [0.5, 0.6) is 0 Å². The summed E-state index contributed by atoms with van der Waals surface area (Å²) in [5.74, 6) is -0.562. The van der Waals surface area contributed by atoms with E-state index in [1.807, 2.05) is 0 Å². The van der Waals surface area contributed by atoms with E-state index in [4.69, 9.17) is 5.73 Å². The quantitative estimate of drug-likeness (QED) is 0.784. The van der Waals surface area contributed by atoms with Crippen LogP contribution in [-0.4, -0.2) is 19.3 Å². The fourth-order valence-corrected chi connectivity index (χ4v) is 1.32. The highest BCUT2D eigenvalue weighted by atomic mass is 19.4. The van der Waals surface area contributed by atoms with Gasteiger partial charge in [-0.05, 0) is 6.07 Å². The van der Waals surface area contributed by atoms with Crippen molar-refractivity contribution < 1.29 is 17.6 Å². The predicted octanol–water partition coefficient (Wildman–Crippen LogP) is 1.98. The van der Waals surface area contributed by atoms with E-state index in [2.05, 4.69) is 5.32 Å². The molecule has 1 unspecified atom stereocenters. The Kier molecular flexibility index (Phi) is 4.26. The van der Waals surface area contributed by atoms with Crippen molar-refractivity contribution in [1.82, 2.24) is 5.32 Å². The SMILES string of the molecule is NCC(NCC(F)(F)F)c1ccccc1F. The molecule has 0 fully saturated rings. The first kappa shape index (κ1) is 12.9. The van der Waals surface area contributed by atoms with Gasteiger partial charge in [-0.15, -0.1) is 0 Å². The Morgan fingerprint density at radius 1 is 1.25 bits per heavy atom. The maximum absolute atomic E-state index is 13.3. The largest absolute Gasteiger partial charge is 0.401 e. The molecule has 3 N–H and O–H groups in total. The van der Waals surface area contributed by atoms with Gasteiger partial charge in [0.05, 0.1) is 6.54 Å². The summed E-state index contributed by atoms with van der Waals surface area (Å²) in [6.45, 7) is -1.29. The van der Waals surface area contributed by atoms with Crippen LogP contribution < -0.4 is 11.1 Å². The minimum atomic E-state index is -4.33. The lowest BCUT2D eigenvalue weighted by molar-refractivity contribution is -0.126. The summed E-state index contributed by atoms with van der Waals surface area (Å²) in [6, 6.07) is 4.79. The summed E-state index contributed by atoms with van der Waals surface area (Å²) in [7, 11) is 0. The van der Waals surface area contributed by atoms with Crippen molar-refractivity contribution in [2.24, 2.45) is 5.73 Å². The van der Waals surface area contributed by atoms with E-state index in [1.54, 1.807) is 6.07 Å². The number of nitrogens with two attached hydrogens (primary N) is 1. The van der Waals surface area contributed by atoms with E-state index >= 15 is 0 Å². The van der Waals surface area contributed by atoms with Crippen LogP contribution in [0.25, 0.3) is 0 Å². The highest BCUT2D eigenvalue weighted by Gasteiger charge is 2.28. The van der Waals surface area contributed by atoms with E-state index in [0.29, 0.717) is 0 Å². The zero-order chi connectivity index (χ0) is 12.2. The Hall–Kier alpha value is -1.14. The summed E-state index contributed by atoms with van der Waals surface area (Å²) in [4.78, 5) is 0. The fourth-order valence-electron chi connectivity index (χ4n) is 1.32. The average Bonchev–Trinajstić information content (AvgIpc) is 2.20. The minimum absolute atomic E-state index is 0.100. The van der Waals surface area contributed by atoms with E-state index in [1.165, 1.54) is 18.2 Å². The number of hydrogen-bond acceptors (Lipinski definition) is 2. The monoisotopic (exact) mass is 236 g/mol. The number of nitrogens with one attached hydrogen (secondary N) is 1. The number of halogens is 4. The molecule has 0 aliphatic rings. The van der Waals surface area contributed by atoms with E-state index in [9.17, 15) is 17.6 Å². The highest BCUT2D eigenvalue weighted by molar-refractivity contribution is 5.21. The second-order valence-electron chi connectivity index (χ2n) is 3.31. The Morgan fingerprint density at radius 2 is 1.88 bits per heavy atom. The number of benzene rings is 1. The molecular formula is C10H12F4N2. The van der Waals surface area contributed by atoms with Gasteiger partial charge in [-0.2, -0.15) is 13.2 Å². The van der Waals surface area contributed by atoms with Crippen molar-refractivity contribution in [2.45, 2.75) is 12.2 Å². The van der Waals surface area contributed by atoms with Crippen molar-refractivity contribution in [1.29, 1.82) is 0 Å². The summed E-state index contributed by atoms with van der Waals surface area (Å²) in [6.07, 6.45) is -4.33. The Labute approximate surface area is 90.4 Å². The highest BCUT2D eigenvalue weighted by Crippen LogP contribution is 2.18. The molecule has 0 spiro atoms. The van der Waals surface area contributed by atoms with Gasteiger partial charge in [0.2, 0.25) is 0 Å². The Morgan fingerprint density at radius 3 is 2.38 bits per heavy atom. The van der Waals surface area contributed by atoms with Gasteiger partial charge in [0.25, 0.3) is 0 Å². The molecule has 1 aromatic rings. The molecule has 2 nitrogen and oxygen atoms in total. The van der Waals surface area contributed by atoms with Gasteiger partial charge in [-0.3, -0.25) is 0 Å². The van der Waals surface area contributed by atoms with Crippen LogP contribution in [0.1, 0.15) is 11.6 Å². The standard InChI is InChI=1S/C10H12F4N2/c11-8-4-2-1-3-7(8)9(5-15)16-6-10(12,13)14/h1-4,9,16H,5-6,15H2. The van der Waals surface area contributed by atoms with Crippen molar-refractivity contribution >= 4 is 0 Å². The molecule has 0 heterocycles. The molecule has 16 heavy (non-hydrogen) atoms. The Bertz CT molecular complexity index is 338. The molecule has 0 aliphatic carbocycles. The zero-order valence-electron chi connectivity index (χ0n) is 8.39. The van der Waals surface area contributed by atoms with Crippen LogP contribution in [0, 0.1) is 5.82 Å². The van der Waals surface area contributed by atoms with Gasteiger partial charge in [-0.25, -0.2) is 4.39 Å². The molecule has 1 aromatic carbocycles. The van der Waals surface area contributed by atoms with E-state index in [0.717, 1.165) is 0 Å². The summed E-state index contributed by atoms with van der Waals surface area (Å²) >= 11 is 0. The van der Waals surface area contributed by atoms with Gasteiger partial charge >= 0.3 is 6.18 Å². The number of hydrogen-bond donors (Lipinski definition) is 2. The zero-order valence-corrected chi connectivity index (χ0v) is 8.39. The molecule has 6 heteroatoms. The molecule has 1 atom stereocenters. The maximum Gasteiger partial charge on any atom is 0.401 e. The first-order chi connectivity index (χ1) is 7.44. The van der Waals surface area contributed by atoms with Gasteiger partial charge in [-0.1, -0.05) is 18.2 Å². The molecule has 0 radical (unpaired) electrons. The van der Waals surface area contributed by atoms with Crippen LogP contribution in [0.3, 0.4) is 0 Å². The molecular weight excluding hydrogens is 224 g/mol. The predicted molar refractivity (Wildman–Crippen MR) is 52.3 cm³/mol. The number of alkyl halides is 3. The third-order valence-electron chi connectivity index (χ3n) is 2.07. The molecule has 0 saturated carbocycles. The third kappa shape index (κ3) is 3.79. The first-order valence-corrected chi connectivity index (χ1v) is 4.68. The van der Waals surface area contributed by atoms with Crippen LogP contribution in [0.15, 0.2) is 24.3 Å². The number of rotatable bonds is 4. The average molecular weight is 236 g/mol. The topological polar surface area (TPSA) is 38.0 Å². The summed E-state index contributed by atoms with van der Waals surface area (Å²) < 4.78 is 49.2. The molecule has 0 aromatic heterocycles. The van der Waals surface area contributed by atoms with Crippen molar-refractivity contribution in [3.05, 3.63) is 35.6 Å². The fraction of sp³-hybridized carbons (Fsp3) is 0.400. The van der Waals surface area contributed by atoms with Gasteiger partial charge in [0.1, 0.15) is 5.82 Å². The molecule has 0 aliphatic heterocycles. The second kappa shape index (κ2) is 5.27. The van der Waals surface area contributed by atoms with Crippen LogP contribution >= 0.6 is 0 Å². The van der Waals surface area contributed by atoms with Gasteiger partial charge in [0.15, 0.2) is 0 Å².